The number of rotatable bonds is 0. The molecule has 0 aromatic heterocycles. The van der Waals surface area contributed by atoms with E-state index in [-0.39, 0.29) is 17.1 Å². The monoisotopic (exact) mass is 298 g/mol. The summed E-state index contributed by atoms with van der Waals surface area (Å²) in [6, 6.07) is -0.0648. The standard InChI is InChI=1S/C7H12Br2N2O/c1-6(2)7(3,4)11(9)5(12)10(6)8/h1-4H3. The molecule has 0 bridgehead atoms. The number of hydrogen-bond acceptors (Lipinski definition) is 1. The Hall–Kier alpha value is 0.230. The molecule has 12 heavy (non-hydrogen) atoms. The van der Waals surface area contributed by atoms with Gasteiger partial charge in [0.2, 0.25) is 0 Å². The molecule has 0 aromatic carbocycles. The van der Waals surface area contributed by atoms with Crippen LogP contribution in [0.3, 0.4) is 0 Å². The number of urea groups is 1. The predicted molar refractivity (Wildman–Crippen MR) is 55.1 cm³/mol. The fourth-order valence-electron chi connectivity index (χ4n) is 1.04. The minimum atomic E-state index is -0.229. The molecule has 1 heterocycles. The van der Waals surface area contributed by atoms with Crippen molar-refractivity contribution in [2.75, 3.05) is 0 Å². The third-order valence-corrected chi connectivity index (χ3v) is 5.19. The second kappa shape index (κ2) is 2.61. The molecule has 0 spiro atoms. The molecule has 0 unspecified atom stereocenters. The first-order valence-electron chi connectivity index (χ1n) is 3.69. The van der Waals surface area contributed by atoms with Gasteiger partial charge in [-0.15, -0.1) is 0 Å². The molecule has 1 rings (SSSR count). The second-order valence-electron chi connectivity index (χ2n) is 3.96. The quantitative estimate of drug-likeness (QED) is 0.631. The number of hydrogen-bond donors (Lipinski definition) is 0. The van der Waals surface area contributed by atoms with Crippen molar-refractivity contribution in [3.05, 3.63) is 0 Å². The molecule has 2 amide bonds. The number of halogens is 2. The Kier molecular flexibility index (Phi) is 2.24. The van der Waals surface area contributed by atoms with Gasteiger partial charge in [-0.3, -0.25) is 7.85 Å². The van der Waals surface area contributed by atoms with E-state index in [4.69, 9.17) is 0 Å². The molecule has 5 heteroatoms. The zero-order chi connectivity index (χ0) is 9.73. The average molecular weight is 300 g/mol. The van der Waals surface area contributed by atoms with E-state index in [0.29, 0.717) is 0 Å². The lowest BCUT2D eigenvalue weighted by Gasteiger charge is -2.37. The number of amides is 2. The highest BCUT2D eigenvalue weighted by Gasteiger charge is 2.56. The van der Waals surface area contributed by atoms with E-state index in [9.17, 15) is 4.79 Å². The van der Waals surface area contributed by atoms with Crippen molar-refractivity contribution >= 4 is 38.3 Å². The summed E-state index contributed by atoms with van der Waals surface area (Å²) in [5.41, 5.74) is -0.457. The van der Waals surface area contributed by atoms with Gasteiger partial charge in [0.25, 0.3) is 0 Å². The van der Waals surface area contributed by atoms with Crippen LogP contribution in [0.25, 0.3) is 0 Å². The summed E-state index contributed by atoms with van der Waals surface area (Å²) >= 11 is 6.51. The van der Waals surface area contributed by atoms with Crippen LogP contribution in [0.4, 0.5) is 4.79 Å². The molecule has 0 aliphatic carbocycles. The normalized spacial score (nSPS) is 26.7. The zero-order valence-corrected chi connectivity index (χ0v) is 10.7. The first-order chi connectivity index (χ1) is 5.23. The molecular formula is C7H12Br2N2O. The highest BCUT2D eigenvalue weighted by Crippen LogP contribution is 2.44. The highest BCUT2D eigenvalue weighted by atomic mass is 79.9. The Morgan fingerprint density at radius 2 is 1.25 bits per heavy atom. The van der Waals surface area contributed by atoms with Gasteiger partial charge in [-0.25, -0.2) is 4.79 Å². The summed E-state index contributed by atoms with van der Waals surface area (Å²) in [6.07, 6.45) is 0. The van der Waals surface area contributed by atoms with Gasteiger partial charge in [0, 0.05) is 0 Å². The molecular weight excluding hydrogens is 288 g/mol. The van der Waals surface area contributed by atoms with Gasteiger partial charge in [-0.2, -0.15) is 0 Å². The second-order valence-corrected chi connectivity index (χ2v) is 5.38. The summed E-state index contributed by atoms with van der Waals surface area (Å²) in [4.78, 5) is 11.5. The maximum absolute atomic E-state index is 11.5. The van der Waals surface area contributed by atoms with Crippen molar-refractivity contribution in [2.24, 2.45) is 0 Å². The Morgan fingerprint density at radius 3 is 1.33 bits per heavy atom. The molecule has 0 aromatic rings. The Labute approximate surface area is 89.8 Å². The van der Waals surface area contributed by atoms with Crippen molar-refractivity contribution in [2.45, 2.75) is 38.8 Å². The summed E-state index contributed by atoms with van der Waals surface area (Å²) in [6.45, 7) is 8.06. The molecule has 0 N–H and O–H groups in total. The smallest absolute Gasteiger partial charge is 0.252 e. The lowest BCUT2D eigenvalue weighted by molar-refractivity contribution is 0.205. The van der Waals surface area contributed by atoms with E-state index in [1.54, 1.807) is 7.85 Å². The Balaban J connectivity index is 3.14. The van der Waals surface area contributed by atoms with Crippen LogP contribution in [0.1, 0.15) is 27.7 Å². The van der Waals surface area contributed by atoms with Crippen LogP contribution in [-0.4, -0.2) is 25.0 Å². The highest BCUT2D eigenvalue weighted by molar-refractivity contribution is 9.08. The topological polar surface area (TPSA) is 23.6 Å². The van der Waals surface area contributed by atoms with Gasteiger partial charge in [0.15, 0.2) is 0 Å². The van der Waals surface area contributed by atoms with Crippen molar-refractivity contribution in [3.63, 3.8) is 0 Å². The van der Waals surface area contributed by atoms with Crippen LogP contribution >= 0.6 is 32.3 Å². The number of carbonyl (C=O) groups is 1. The van der Waals surface area contributed by atoms with Crippen LogP contribution in [0.5, 0.6) is 0 Å². The van der Waals surface area contributed by atoms with E-state index in [2.05, 4.69) is 32.3 Å². The lowest BCUT2D eigenvalue weighted by Crippen LogP contribution is -2.49. The summed E-state index contributed by atoms with van der Waals surface area (Å²) in [5, 5.41) is 0. The Morgan fingerprint density at radius 1 is 1.00 bits per heavy atom. The van der Waals surface area contributed by atoms with E-state index in [1.165, 1.54) is 0 Å². The van der Waals surface area contributed by atoms with E-state index >= 15 is 0 Å². The molecule has 0 radical (unpaired) electrons. The Bertz CT molecular complexity index is 205. The molecule has 0 saturated carbocycles. The molecule has 1 aliphatic heterocycles. The predicted octanol–water partition coefficient (Wildman–Crippen LogP) is 2.90. The summed E-state index contributed by atoms with van der Waals surface area (Å²) in [5.74, 6) is 0. The molecule has 0 atom stereocenters. The fraction of sp³-hybridized carbons (Fsp3) is 0.857. The molecule has 3 nitrogen and oxygen atoms in total. The molecule has 1 saturated heterocycles. The summed E-state index contributed by atoms with van der Waals surface area (Å²) < 4.78 is 3.13. The minimum absolute atomic E-state index is 0.0648. The molecule has 1 aliphatic rings. The van der Waals surface area contributed by atoms with Crippen LogP contribution in [0, 0.1) is 0 Å². The summed E-state index contributed by atoms with van der Waals surface area (Å²) in [7, 11) is 0. The van der Waals surface area contributed by atoms with E-state index < -0.39 is 0 Å². The number of carbonyl (C=O) groups excluding carboxylic acids is 1. The van der Waals surface area contributed by atoms with Crippen LogP contribution in [0.2, 0.25) is 0 Å². The fourth-order valence-corrected chi connectivity index (χ4v) is 2.43. The van der Waals surface area contributed by atoms with Crippen LogP contribution in [-0.2, 0) is 0 Å². The van der Waals surface area contributed by atoms with Crippen LogP contribution in [0.15, 0.2) is 0 Å². The zero-order valence-electron chi connectivity index (χ0n) is 7.56. The maximum Gasteiger partial charge on any atom is 0.341 e. The first kappa shape index (κ1) is 10.3. The SMILES string of the molecule is CC1(C)N(Br)C(=O)N(Br)C1(C)C. The van der Waals surface area contributed by atoms with E-state index in [1.807, 2.05) is 27.7 Å². The minimum Gasteiger partial charge on any atom is -0.252 e. The van der Waals surface area contributed by atoms with Crippen LogP contribution < -0.4 is 0 Å². The van der Waals surface area contributed by atoms with Gasteiger partial charge < -0.3 is 0 Å². The van der Waals surface area contributed by atoms with Gasteiger partial charge in [0.1, 0.15) is 0 Å². The third kappa shape index (κ3) is 1.02. The van der Waals surface area contributed by atoms with E-state index in [0.717, 1.165) is 0 Å². The largest absolute Gasteiger partial charge is 0.341 e. The lowest BCUT2D eigenvalue weighted by atomic mass is 9.85. The first-order valence-corrected chi connectivity index (χ1v) is 5.11. The molecule has 1 fully saturated rings. The molecule has 70 valence electrons. The van der Waals surface area contributed by atoms with Gasteiger partial charge in [-0.1, -0.05) is 0 Å². The van der Waals surface area contributed by atoms with Gasteiger partial charge >= 0.3 is 6.03 Å². The third-order valence-electron chi connectivity index (χ3n) is 2.81. The maximum atomic E-state index is 11.5. The number of nitrogens with zero attached hydrogens (tertiary/aromatic N) is 2. The van der Waals surface area contributed by atoms with Crippen molar-refractivity contribution in [1.82, 2.24) is 7.85 Å². The van der Waals surface area contributed by atoms with Gasteiger partial charge in [-0.05, 0) is 27.7 Å². The van der Waals surface area contributed by atoms with Gasteiger partial charge in [0.05, 0.1) is 43.4 Å². The van der Waals surface area contributed by atoms with Crippen molar-refractivity contribution in [1.29, 1.82) is 0 Å². The van der Waals surface area contributed by atoms with Crippen molar-refractivity contribution < 1.29 is 4.79 Å². The average Bonchev–Trinajstić information content (AvgIpc) is 2.05. The van der Waals surface area contributed by atoms with Crippen molar-refractivity contribution in [3.8, 4) is 0 Å².